The van der Waals surface area contributed by atoms with E-state index in [9.17, 15) is 9.59 Å². The Bertz CT molecular complexity index is 1010. The van der Waals surface area contributed by atoms with Gasteiger partial charge >= 0.3 is 0 Å². The van der Waals surface area contributed by atoms with Crippen LogP contribution in [0, 0.1) is 0 Å². The second kappa shape index (κ2) is 8.95. The molecule has 2 amide bonds. The van der Waals surface area contributed by atoms with Crippen molar-refractivity contribution in [2.24, 2.45) is 0 Å². The van der Waals surface area contributed by atoms with Gasteiger partial charge in [-0.05, 0) is 34.2 Å². The zero-order valence-electron chi connectivity index (χ0n) is 17.9. The summed E-state index contributed by atoms with van der Waals surface area (Å²) in [5.74, 6) is 0.353. The van der Waals surface area contributed by atoms with Gasteiger partial charge in [-0.2, -0.15) is 5.10 Å². The Morgan fingerprint density at radius 3 is 2.17 bits per heavy atom. The van der Waals surface area contributed by atoms with Gasteiger partial charge < -0.3 is 10.6 Å². The van der Waals surface area contributed by atoms with E-state index in [0.29, 0.717) is 24.5 Å². The molecule has 2 aromatic carbocycles. The third-order valence-electron chi connectivity index (χ3n) is 4.87. The summed E-state index contributed by atoms with van der Waals surface area (Å²) < 4.78 is 1.77. The van der Waals surface area contributed by atoms with Crippen LogP contribution in [-0.4, -0.2) is 21.6 Å². The van der Waals surface area contributed by atoms with E-state index in [-0.39, 0.29) is 17.2 Å². The molecule has 0 aliphatic heterocycles. The Morgan fingerprint density at radius 2 is 1.57 bits per heavy atom. The van der Waals surface area contributed by atoms with Crippen LogP contribution in [-0.2, 0) is 23.3 Å². The molecule has 6 nitrogen and oxygen atoms in total. The van der Waals surface area contributed by atoms with Crippen molar-refractivity contribution in [3.05, 3.63) is 83.0 Å². The Balaban J connectivity index is 1.65. The number of aromatic nitrogens is 2. The standard InChI is InChI=1S/C24H28N4O2/c1-17(29)25-15-18-5-9-20(10-6-18)23(30)27-22-13-14-26-28(22)16-19-7-11-21(12-8-19)24(2,3)4/h5-14H,15-16H2,1-4H3,(H,25,29)(H,27,30). The fraction of sp³-hybridized carbons (Fsp3) is 0.292. The van der Waals surface area contributed by atoms with E-state index < -0.39 is 0 Å². The molecule has 156 valence electrons. The number of nitrogens with one attached hydrogen (secondary N) is 2. The topological polar surface area (TPSA) is 76.0 Å². The Hall–Kier alpha value is -3.41. The molecule has 0 bridgehead atoms. The van der Waals surface area contributed by atoms with Gasteiger partial charge in [0, 0.05) is 25.1 Å². The molecular formula is C24H28N4O2. The number of hydrogen-bond donors (Lipinski definition) is 2. The van der Waals surface area contributed by atoms with E-state index in [4.69, 9.17) is 0 Å². The van der Waals surface area contributed by atoms with Crippen molar-refractivity contribution in [1.82, 2.24) is 15.1 Å². The molecular weight excluding hydrogens is 376 g/mol. The summed E-state index contributed by atoms with van der Waals surface area (Å²) in [5.41, 5.74) is 3.99. The highest BCUT2D eigenvalue weighted by molar-refractivity contribution is 6.03. The average Bonchev–Trinajstić information content (AvgIpc) is 3.13. The smallest absolute Gasteiger partial charge is 0.256 e. The van der Waals surface area contributed by atoms with Gasteiger partial charge in [0.15, 0.2) is 0 Å². The fourth-order valence-corrected chi connectivity index (χ4v) is 3.04. The normalized spacial score (nSPS) is 11.2. The van der Waals surface area contributed by atoms with Gasteiger partial charge in [-0.15, -0.1) is 0 Å². The van der Waals surface area contributed by atoms with Crippen LogP contribution in [0.2, 0.25) is 0 Å². The highest BCUT2D eigenvalue weighted by atomic mass is 16.2. The van der Waals surface area contributed by atoms with Crippen molar-refractivity contribution in [3.8, 4) is 0 Å². The lowest BCUT2D eigenvalue weighted by molar-refractivity contribution is -0.119. The van der Waals surface area contributed by atoms with Gasteiger partial charge in [0.25, 0.3) is 5.91 Å². The largest absolute Gasteiger partial charge is 0.352 e. The van der Waals surface area contributed by atoms with Gasteiger partial charge in [-0.25, -0.2) is 4.68 Å². The molecule has 0 spiro atoms. The number of amides is 2. The monoisotopic (exact) mass is 404 g/mol. The molecule has 3 aromatic rings. The minimum atomic E-state index is -0.203. The maximum atomic E-state index is 12.6. The summed E-state index contributed by atoms with van der Waals surface area (Å²) in [4.78, 5) is 23.6. The average molecular weight is 405 g/mol. The predicted octanol–water partition coefficient (Wildman–Crippen LogP) is 4.12. The number of rotatable bonds is 6. The van der Waals surface area contributed by atoms with Gasteiger partial charge in [0.05, 0.1) is 12.7 Å². The first kappa shape index (κ1) is 21.3. The molecule has 0 saturated carbocycles. The summed E-state index contributed by atoms with van der Waals surface area (Å²) in [6.45, 7) is 9.06. The molecule has 0 saturated heterocycles. The molecule has 3 rings (SSSR count). The van der Waals surface area contributed by atoms with Crippen LogP contribution in [0.4, 0.5) is 5.82 Å². The second-order valence-electron chi connectivity index (χ2n) is 8.38. The van der Waals surface area contributed by atoms with E-state index in [1.165, 1.54) is 12.5 Å². The van der Waals surface area contributed by atoms with E-state index >= 15 is 0 Å². The van der Waals surface area contributed by atoms with Crippen molar-refractivity contribution in [1.29, 1.82) is 0 Å². The molecule has 30 heavy (non-hydrogen) atoms. The van der Waals surface area contributed by atoms with Crippen LogP contribution < -0.4 is 10.6 Å². The van der Waals surface area contributed by atoms with Crippen molar-refractivity contribution < 1.29 is 9.59 Å². The highest BCUT2D eigenvalue weighted by Gasteiger charge is 2.14. The maximum absolute atomic E-state index is 12.6. The molecule has 0 radical (unpaired) electrons. The molecule has 1 aromatic heterocycles. The van der Waals surface area contributed by atoms with E-state index in [1.54, 1.807) is 29.1 Å². The lowest BCUT2D eigenvalue weighted by atomic mass is 9.87. The van der Waals surface area contributed by atoms with Crippen LogP contribution in [0.25, 0.3) is 0 Å². The Morgan fingerprint density at radius 1 is 0.933 bits per heavy atom. The molecule has 0 atom stereocenters. The minimum Gasteiger partial charge on any atom is -0.352 e. The lowest BCUT2D eigenvalue weighted by Gasteiger charge is -2.19. The van der Waals surface area contributed by atoms with Crippen LogP contribution in [0.1, 0.15) is 54.7 Å². The fourth-order valence-electron chi connectivity index (χ4n) is 3.04. The Labute approximate surface area is 177 Å². The van der Waals surface area contributed by atoms with Crippen LogP contribution in [0.3, 0.4) is 0 Å². The van der Waals surface area contributed by atoms with Gasteiger partial charge in [-0.1, -0.05) is 57.2 Å². The zero-order chi connectivity index (χ0) is 21.7. The summed E-state index contributed by atoms with van der Waals surface area (Å²) in [7, 11) is 0. The Kier molecular flexibility index (Phi) is 6.35. The zero-order valence-corrected chi connectivity index (χ0v) is 17.9. The third-order valence-corrected chi connectivity index (χ3v) is 4.87. The van der Waals surface area contributed by atoms with E-state index in [2.05, 4.69) is 60.8 Å². The van der Waals surface area contributed by atoms with Crippen LogP contribution in [0.5, 0.6) is 0 Å². The molecule has 0 aliphatic rings. The minimum absolute atomic E-state index is 0.0851. The van der Waals surface area contributed by atoms with Gasteiger partial charge in [0.1, 0.15) is 5.82 Å². The van der Waals surface area contributed by atoms with Crippen LogP contribution in [0.15, 0.2) is 60.8 Å². The lowest BCUT2D eigenvalue weighted by Crippen LogP contribution is -2.19. The number of carbonyl (C=O) groups excluding carboxylic acids is 2. The quantitative estimate of drug-likeness (QED) is 0.649. The van der Waals surface area contributed by atoms with E-state index in [0.717, 1.165) is 11.1 Å². The second-order valence-corrected chi connectivity index (χ2v) is 8.38. The maximum Gasteiger partial charge on any atom is 0.256 e. The molecule has 0 fully saturated rings. The highest BCUT2D eigenvalue weighted by Crippen LogP contribution is 2.22. The summed E-state index contributed by atoms with van der Waals surface area (Å²) >= 11 is 0. The van der Waals surface area contributed by atoms with E-state index in [1.807, 2.05) is 12.1 Å². The summed E-state index contributed by atoms with van der Waals surface area (Å²) in [6, 6.07) is 17.4. The van der Waals surface area contributed by atoms with Crippen LogP contribution >= 0.6 is 0 Å². The molecule has 6 heteroatoms. The van der Waals surface area contributed by atoms with Gasteiger partial charge in [-0.3, -0.25) is 9.59 Å². The first-order valence-corrected chi connectivity index (χ1v) is 9.98. The van der Waals surface area contributed by atoms with Crippen molar-refractivity contribution in [3.63, 3.8) is 0 Å². The van der Waals surface area contributed by atoms with Gasteiger partial charge in [0.2, 0.25) is 5.91 Å². The number of anilines is 1. The molecule has 2 N–H and O–H groups in total. The predicted molar refractivity (Wildman–Crippen MR) is 118 cm³/mol. The molecule has 1 heterocycles. The first-order valence-electron chi connectivity index (χ1n) is 9.98. The number of hydrogen-bond acceptors (Lipinski definition) is 3. The van der Waals surface area contributed by atoms with Crippen molar-refractivity contribution in [2.45, 2.75) is 46.2 Å². The summed E-state index contributed by atoms with van der Waals surface area (Å²) in [6.07, 6.45) is 1.68. The number of benzene rings is 2. The summed E-state index contributed by atoms with van der Waals surface area (Å²) in [5, 5.41) is 10.0. The first-order chi connectivity index (χ1) is 14.2. The molecule has 0 aliphatic carbocycles. The number of carbonyl (C=O) groups is 2. The molecule has 0 unspecified atom stereocenters. The SMILES string of the molecule is CC(=O)NCc1ccc(C(=O)Nc2ccnn2Cc2ccc(C(C)(C)C)cc2)cc1. The van der Waals surface area contributed by atoms with Crippen molar-refractivity contribution in [2.75, 3.05) is 5.32 Å². The number of nitrogens with zero attached hydrogens (tertiary/aromatic N) is 2. The van der Waals surface area contributed by atoms with Crippen molar-refractivity contribution >= 4 is 17.6 Å². The third kappa shape index (κ3) is 5.56.